The van der Waals surface area contributed by atoms with E-state index in [9.17, 15) is 0 Å². The average Bonchev–Trinajstić information content (AvgIpc) is 2.60. The molecule has 1 unspecified atom stereocenters. The highest BCUT2D eigenvalue weighted by atomic mass is 16.5. The number of rotatable bonds is 10. The Balaban J connectivity index is 1.84. The van der Waals surface area contributed by atoms with E-state index in [-0.39, 0.29) is 6.10 Å². The van der Waals surface area contributed by atoms with Crippen molar-refractivity contribution >= 4 is 5.69 Å². The summed E-state index contributed by atoms with van der Waals surface area (Å²) in [4.78, 5) is 0. The van der Waals surface area contributed by atoms with Crippen LogP contribution < -0.4 is 14.8 Å². The smallest absolute Gasteiger partial charge is 0.121 e. The Labute approximate surface area is 138 Å². The summed E-state index contributed by atoms with van der Waals surface area (Å²) in [7, 11) is 1.67. The second-order valence-corrected chi connectivity index (χ2v) is 5.21. The predicted molar refractivity (Wildman–Crippen MR) is 93.5 cm³/mol. The summed E-state index contributed by atoms with van der Waals surface area (Å²) in [5.74, 6) is 1.74. The van der Waals surface area contributed by atoms with Crippen molar-refractivity contribution < 1.29 is 14.2 Å². The Hall–Kier alpha value is -2.20. The lowest BCUT2D eigenvalue weighted by Gasteiger charge is -2.19. The minimum absolute atomic E-state index is 0.121. The van der Waals surface area contributed by atoms with Crippen LogP contribution in [0.15, 0.2) is 54.6 Å². The topological polar surface area (TPSA) is 39.7 Å². The number of anilines is 1. The van der Waals surface area contributed by atoms with Crippen LogP contribution >= 0.6 is 0 Å². The highest BCUT2D eigenvalue weighted by molar-refractivity contribution is 5.48. The van der Waals surface area contributed by atoms with Crippen molar-refractivity contribution in [3.05, 3.63) is 54.6 Å². The lowest BCUT2D eigenvalue weighted by atomic mass is 10.2. The van der Waals surface area contributed by atoms with E-state index in [1.165, 1.54) is 0 Å². The molecule has 0 aliphatic rings. The van der Waals surface area contributed by atoms with Crippen LogP contribution in [-0.4, -0.2) is 33.0 Å². The van der Waals surface area contributed by atoms with E-state index in [0.717, 1.165) is 30.2 Å². The second-order valence-electron chi connectivity index (χ2n) is 5.21. The molecule has 0 aromatic heterocycles. The maximum atomic E-state index is 5.98. The first-order chi connectivity index (χ1) is 11.3. The van der Waals surface area contributed by atoms with Crippen LogP contribution in [0.5, 0.6) is 11.5 Å². The molecule has 0 aliphatic carbocycles. The van der Waals surface area contributed by atoms with Crippen LogP contribution in [0.4, 0.5) is 5.69 Å². The highest BCUT2D eigenvalue weighted by Crippen LogP contribution is 2.18. The maximum Gasteiger partial charge on any atom is 0.121 e. The van der Waals surface area contributed by atoms with Gasteiger partial charge >= 0.3 is 0 Å². The lowest BCUT2D eigenvalue weighted by molar-refractivity contribution is 0.146. The van der Waals surface area contributed by atoms with E-state index in [1.807, 2.05) is 54.6 Å². The van der Waals surface area contributed by atoms with Crippen LogP contribution in [0.2, 0.25) is 0 Å². The summed E-state index contributed by atoms with van der Waals surface area (Å²) < 4.78 is 16.6. The van der Waals surface area contributed by atoms with Crippen LogP contribution in [0, 0.1) is 0 Å². The van der Waals surface area contributed by atoms with Gasteiger partial charge in [0.05, 0.1) is 13.2 Å². The van der Waals surface area contributed by atoms with Crippen molar-refractivity contribution in [3.63, 3.8) is 0 Å². The molecule has 0 aliphatic heterocycles. The van der Waals surface area contributed by atoms with E-state index in [2.05, 4.69) is 12.2 Å². The van der Waals surface area contributed by atoms with Crippen molar-refractivity contribution in [1.82, 2.24) is 0 Å². The largest absolute Gasteiger partial charge is 0.491 e. The molecule has 0 amide bonds. The highest BCUT2D eigenvalue weighted by Gasteiger charge is 2.08. The molecule has 2 aromatic rings. The molecule has 0 spiro atoms. The first-order valence-electron chi connectivity index (χ1n) is 7.99. The van der Waals surface area contributed by atoms with E-state index < -0.39 is 0 Å². The van der Waals surface area contributed by atoms with Crippen LogP contribution in [0.1, 0.15) is 13.3 Å². The van der Waals surface area contributed by atoms with Gasteiger partial charge in [-0.1, -0.05) is 31.2 Å². The Bertz CT molecular complexity index is 560. The molecule has 1 atom stereocenters. The van der Waals surface area contributed by atoms with Gasteiger partial charge in [0.1, 0.15) is 24.2 Å². The quantitative estimate of drug-likeness (QED) is 0.673. The van der Waals surface area contributed by atoms with E-state index in [0.29, 0.717) is 13.2 Å². The maximum absolute atomic E-state index is 5.98. The SMILES string of the molecule is CCC(CNc1cccc(OCCOC)c1)Oc1ccccc1. The van der Waals surface area contributed by atoms with Crippen molar-refractivity contribution in [2.45, 2.75) is 19.4 Å². The number of methoxy groups -OCH3 is 1. The fourth-order valence-corrected chi connectivity index (χ4v) is 2.13. The zero-order valence-corrected chi connectivity index (χ0v) is 13.8. The normalized spacial score (nSPS) is 11.7. The molecule has 0 saturated heterocycles. The molecule has 0 saturated carbocycles. The molecule has 4 heteroatoms. The van der Waals surface area contributed by atoms with Gasteiger partial charge in [-0.05, 0) is 30.7 Å². The van der Waals surface area contributed by atoms with Crippen molar-refractivity contribution in [1.29, 1.82) is 0 Å². The van der Waals surface area contributed by atoms with Crippen molar-refractivity contribution in [2.24, 2.45) is 0 Å². The number of hydrogen-bond donors (Lipinski definition) is 1. The van der Waals surface area contributed by atoms with Gasteiger partial charge in [0.25, 0.3) is 0 Å². The lowest BCUT2D eigenvalue weighted by Crippen LogP contribution is -2.25. The van der Waals surface area contributed by atoms with Gasteiger partial charge < -0.3 is 19.5 Å². The Morgan fingerprint density at radius 2 is 1.74 bits per heavy atom. The number of ether oxygens (including phenoxy) is 3. The van der Waals surface area contributed by atoms with Gasteiger partial charge in [0.2, 0.25) is 0 Å². The minimum Gasteiger partial charge on any atom is -0.491 e. The molecule has 4 nitrogen and oxygen atoms in total. The molecular formula is C19H25NO3. The fraction of sp³-hybridized carbons (Fsp3) is 0.368. The van der Waals surface area contributed by atoms with Crippen LogP contribution in [-0.2, 0) is 4.74 Å². The summed E-state index contributed by atoms with van der Waals surface area (Å²) in [6.45, 7) is 4.00. The molecule has 124 valence electrons. The van der Waals surface area contributed by atoms with Gasteiger partial charge in [-0.25, -0.2) is 0 Å². The van der Waals surface area contributed by atoms with Gasteiger partial charge in [0, 0.05) is 18.9 Å². The summed E-state index contributed by atoms with van der Waals surface area (Å²) in [6.07, 6.45) is 1.06. The Morgan fingerprint density at radius 1 is 0.957 bits per heavy atom. The van der Waals surface area contributed by atoms with Gasteiger partial charge in [-0.15, -0.1) is 0 Å². The molecule has 2 aromatic carbocycles. The third kappa shape index (κ3) is 6.20. The first kappa shape index (κ1) is 17.2. The minimum atomic E-state index is 0.121. The molecule has 0 fully saturated rings. The van der Waals surface area contributed by atoms with Crippen molar-refractivity contribution in [2.75, 3.05) is 32.2 Å². The van der Waals surface area contributed by atoms with Gasteiger partial charge in [0.15, 0.2) is 0 Å². The number of nitrogens with one attached hydrogen (secondary N) is 1. The third-order valence-corrected chi connectivity index (χ3v) is 3.43. The second kappa shape index (κ2) is 9.74. The number of hydrogen-bond acceptors (Lipinski definition) is 4. The Kier molecular flexibility index (Phi) is 7.27. The van der Waals surface area contributed by atoms with E-state index in [1.54, 1.807) is 7.11 Å². The molecule has 1 N–H and O–H groups in total. The van der Waals surface area contributed by atoms with Crippen LogP contribution in [0.3, 0.4) is 0 Å². The number of para-hydroxylation sites is 1. The van der Waals surface area contributed by atoms with Crippen LogP contribution in [0.25, 0.3) is 0 Å². The van der Waals surface area contributed by atoms with E-state index >= 15 is 0 Å². The third-order valence-electron chi connectivity index (χ3n) is 3.43. The fourth-order valence-electron chi connectivity index (χ4n) is 2.13. The molecule has 0 radical (unpaired) electrons. The average molecular weight is 315 g/mol. The van der Waals surface area contributed by atoms with E-state index in [4.69, 9.17) is 14.2 Å². The molecular weight excluding hydrogens is 290 g/mol. The number of benzene rings is 2. The monoisotopic (exact) mass is 315 g/mol. The molecule has 0 heterocycles. The molecule has 0 bridgehead atoms. The summed E-state index contributed by atoms with van der Waals surface area (Å²) in [5, 5.41) is 3.41. The summed E-state index contributed by atoms with van der Waals surface area (Å²) in [6, 6.07) is 17.8. The zero-order valence-electron chi connectivity index (χ0n) is 13.8. The molecule has 23 heavy (non-hydrogen) atoms. The zero-order chi connectivity index (χ0) is 16.3. The predicted octanol–water partition coefficient (Wildman–Crippen LogP) is 3.98. The van der Waals surface area contributed by atoms with Gasteiger partial charge in [-0.3, -0.25) is 0 Å². The standard InChI is InChI=1S/C19H25NO3/c1-3-17(23-18-9-5-4-6-10-18)15-20-16-8-7-11-19(14-16)22-13-12-21-2/h4-11,14,17,20H,3,12-13,15H2,1-2H3. The van der Waals surface area contributed by atoms with Gasteiger partial charge in [-0.2, -0.15) is 0 Å². The molecule has 2 rings (SSSR count). The summed E-state index contributed by atoms with van der Waals surface area (Å²) in [5.41, 5.74) is 1.02. The summed E-state index contributed by atoms with van der Waals surface area (Å²) >= 11 is 0. The Morgan fingerprint density at radius 3 is 2.48 bits per heavy atom. The van der Waals surface area contributed by atoms with Crippen molar-refractivity contribution in [3.8, 4) is 11.5 Å². The first-order valence-corrected chi connectivity index (χ1v) is 7.99.